The Morgan fingerprint density at radius 3 is 2.69 bits per heavy atom. The lowest BCUT2D eigenvalue weighted by Crippen LogP contribution is -2.42. The van der Waals surface area contributed by atoms with Crippen molar-refractivity contribution in [1.29, 1.82) is 0 Å². The van der Waals surface area contributed by atoms with Crippen molar-refractivity contribution in [3.63, 3.8) is 0 Å². The molecule has 6 heteroatoms. The molecule has 0 N–H and O–H groups in total. The highest BCUT2D eigenvalue weighted by Crippen LogP contribution is 2.32. The van der Waals surface area contributed by atoms with Gasteiger partial charge in [0.2, 0.25) is 0 Å². The molecule has 16 heavy (non-hydrogen) atoms. The summed E-state index contributed by atoms with van der Waals surface area (Å²) in [5.74, 6) is -0.517. The predicted molar refractivity (Wildman–Crippen MR) is 59.9 cm³/mol. The van der Waals surface area contributed by atoms with Gasteiger partial charge in [0, 0.05) is 18.8 Å². The second kappa shape index (κ2) is 6.71. The van der Waals surface area contributed by atoms with Gasteiger partial charge in [0.05, 0.1) is 19.1 Å². The molecule has 2 nitrogen and oxygen atoms in total. The van der Waals surface area contributed by atoms with Crippen molar-refractivity contribution < 1.29 is 17.9 Å². The second-order valence-electron chi connectivity index (χ2n) is 4.02. The number of rotatable bonds is 5. The summed E-state index contributed by atoms with van der Waals surface area (Å²) in [6.45, 7) is 2.50. The standard InChI is InChI=1S/C10H18F3NOS/c11-10(12,13)9-2-1-3-14(8-9)4-5-15-6-7-16/h9,16H,1-8H2. The fraction of sp³-hybridized carbons (Fsp3) is 1.00. The van der Waals surface area contributed by atoms with Crippen LogP contribution in [0.15, 0.2) is 0 Å². The van der Waals surface area contributed by atoms with Crippen molar-refractivity contribution >= 4 is 12.6 Å². The van der Waals surface area contributed by atoms with Gasteiger partial charge in [-0.05, 0) is 19.4 Å². The van der Waals surface area contributed by atoms with Gasteiger partial charge < -0.3 is 9.64 Å². The highest BCUT2D eigenvalue weighted by atomic mass is 32.1. The van der Waals surface area contributed by atoms with Crippen LogP contribution in [0.3, 0.4) is 0 Å². The van der Waals surface area contributed by atoms with E-state index in [1.807, 2.05) is 4.90 Å². The molecule has 1 unspecified atom stereocenters. The molecule has 0 spiro atoms. The smallest absolute Gasteiger partial charge is 0.379 e. The van der Waals surface area contributed by atoms with E-state index in [2.05, 4.69) is 12.6 Å². The molecule has 1 aliphatic rings. The quantitative estimate of drug-likeness (QED) is 0.599. The lowest BCUT2D eigenvalue weighted by molar-refractivity contribution is -0.187. The second-order valence-corrected chi connectivity index (χ2v) is 4.46. The maximum absolute atomic E-state index is 12.5. The van der Waals surface area contributed by atoms with Gasteiger partial charge in [-0.2, -0.15) is 25.8 Å². The minimum atomic E-state index is -4.05. The van der Waals surface area contributed by atoms with E-state index in [4.69, 9.17) is 4.74 Å². The molecular formula is C10H18F3NOS. The third kappa shape index (κ3) is 4.93. The molecule has 1 fully saturated rings. The largest absolute Gasteiger partial charge is 0.393 e. The van der Waals surface area contributed by atoms with Gasteiger partial charge in [0.1, 0.15) is 0 Å². The zero-order chi connectivity index (χ0) is 12.0. The number of nitrogens with zero attached hydrogens (tertiary/aromatic N) is 1. The van der Waals surface area contributed by atoms with Crippen LogP contribution in [0.5, 0.6) is 0 Å². The van der Waals surface area contributed by atoms with Crippen LogP contribution < -0.4 is 0 Å². The van der Waals surface area contributed by atoms with Gasteiger partial charge in [-0.25, -0.2) is 0 Å². The van der Waals surface area contributed by atoms with E-state index < -0.39 is 12.1 Å². The van der Waals surface area contributed by atoms with Crippen molar-refractivity contribution in [2.24, 2.45) is 5.92 Å². The zero-order valence-corrected chi connectivity index (χ0v) is 10.1. The molecule has 0 aliphatic carbocycles. The predicted octanol–water partition coefficient (Wildman–Crippen LogP) is 2.21. The van der Waals surface area contributed by atoms with E-state index in [0.717, 1.165) is 6.54 Å². The third-order valence-corrected chi connectivity index (χ3v) is 2.94. The molecule has 0 aromatic rings. The van der Waals surface area contributed by atoms with Crippen LogP contribution in [0.25, 0.3) is 0 Å². The lowest BCUT2D eigenvalue weighted by Gasteiger charge is -2.33. The van der Waals surface area contributed by atoms with Crippen LogP contribution in [-0.2, 0) is 4.74 Å². The SMILES string of the molecule is FC(F)(F)C1CCCN(CCOCCS)C1. The summed E-state index contributed by atoms with van der Waals surface area (Å²) in [4.78, 5) is 1.83. The molecule has 1 saturated heterocycles. The summed E-state index contributed by atoms with van der Waals surface area (Å²) < 4.78 is 42.7. The van der Waals surface area contributed by atoms with Crippen LogP contribution in [-0.4, -0.2) is 49.7 Å². The van der Waals surface area contributed by atoms with Gasteiger partial charge in [0.15, 0.2) is 0 Å². The highest BCUT2D eigenvalue weighted by molar-refractivity contribution is 7.80. The van der Waals surface area contributed by atoms with Gasteiger partial charge in [0.25, 0.3) is 0 Å². The van der Waals surface area contributed by atoms with Crippen LogP contribution in [0.1, 0.15) is 12.8 Å². The first-order chi connectivity index (χ1) is 7.54. The maximum atomic E-state index is 12.5. The topological polar surface area (TPSA) is 12.5 Å². The molecule has 0 bridgehead atoms. The summed E-state index contributed by atoms with van der Waals surface area (Å²) >= 11 is 3.99. The summed E-state index contributed by atoms with van der Waals surface area (Å²) in [7, 11) is 0. The lowest BCUT2D eigenvalue weighted by atomic mass is 9.98. The molecule has 1 atom stereocenters. The van der Waals surface area contributed by atoms with Gasteiger partial charge in [-0.15, -0.1) is 0 Å². The third-order valence-electron chi connectivity index (χ3n) is 2.76. The summed E-state index contributed by atoms with van der Waals surface area (Å²) in [5.41, 5.74) is 0. The number of hydrogen-bond donors (Lipinski definition) is 1. The minimum absolute atomic E-state index is 0.119. The molecule has 1 aliphatic heterocycles. The van der Waals surface area contributed by atoms with Crippen molar-refractivity contribution in [1.82, 2.24) is 4.90 Å². The number of alkyl halides is 3. The molecule has 96 valence electrons. The Bertz CT molecular complexity index is 201. The van der Waals surface area contributed by atoms with Crippen LogP contribution in [0.2, 0.25) is 0 Å². The number of halogens is 3. The Hall–Kier alpha value is 0.0600. The first-order valence-electron chi connectivity index (χ1n) is 5.51. The molecule has 0 aromatic heterocycles. The fourth-order valence-electron chi connectivity index (χ4n) is 1.89. The van der Waals surface area contributed by atoms with E-state index >= 15 is 0 Å². The first kappa shape index (κ1) is 14.1. The normalized spacial score (nSPS) is 23.6. The van der Waals surface area contributed by atoms with Crippen molar-refractivity contribution in [2.45, 2.75) is 19.0 Å². The monoisotopic (exact) mass is 257 g/mol. The molecule has 0 radical (unpaired) electrons. The average Bonchev–Trinajstić information content (AvgIpc) is 2.24. The van der Waals surface area contributed by atoms with E-state index in [9.17, 15) is 13.2 Å². The average molecular weight is 257 g/mol. The maximum Gasteiger partial charge on any atom is 0.393 e. The van der Waals surface area contributed by atoms with Gasteiger partial charge >= 0.3 is 6.18 Å². The van der Waals surface area contributed by atoms with Gasteiger partial charge in [-0.3, -0.25) is 0 Å². The Labute approximate surface area is 99.5 Å². The number of hydrogen-bond acceptors (Lipinski definition) is 3. The van der Waals surface area contributed by atoms with Crippen LogP contribution in [0.4, 0.5) is 13.2 Å². The number of piperidine rings is 1. The van der Waals surface area contributed by atoms with Crippen molar-refractivity contribution in [3.8, 4) is 0 Å². The molecule has 1 heterocycles. The highest BCUT2D eigenvalue weighted by Gasteiger charge is 2.41. The minimum Gasteiger partial charge on any atom is -0.379 e. The van der Waals surface area contributed by atoms with E-state index in [-0.39, 0.29) is 13.0 Å². The Morgan fingerprint density at radius 2 is 2.06 bits per heavy atom. The van der Waals surface area contributed by atoms with Gasteiger partial charge in [-0.1, -0.05) is 0 Å². The van der Waals surface area contributed by atoms with Crippen molar-refractivity contribution in [2.75, 3.05) is 38.6 Å². The molecule has 1 rings (SSSR count). The Morgan fingerprint density at radius 1 is 1.31 bits per heavy atom. The van der Waals surface area contributed by atoms with E-state index in [1.165, 1.54) is 0 Å². The molecule has 0 saturated carbocycles. The summed E-state index contributed by atoms with van der Waals surface area (Å²) in [5, 5.41) is 0. The van der Waals surface area contributed by atoms with E-state index in [1.54, 1.807) is 0 Å². The fourth-order valence-corrected chi connectivity index (χ4v) is 2.02. The number of thiol groups is 1. The van der Waals surface area contributed by atoms with Crippen LogP contribution >= 0.6 is 12.6 Å². The Balaban J connectivity index is 2.23. The Kier molecular flexibility index (Phi) is 5.92. The van der Waals surface area contributed by atoms with Crippen LogP contribution in [0, 0.1) is 5.92 Å². The first-order valence-corrected chi connectivity index (χ1v) is 6.15. The molecular weight excluding hydrogens is 239 g/mol. The summed E-state index contributed by atoms with van der Waals surface area (Å²) in [6.07, 6.45) is -3.17. The molecule has 0 aromatic carbocycles. The zero-order valence-electron chi connectivity index (χ0n) is 9.17. The van der Waals surface area contributed by atoms with Crippen molar-refractivity contribution in [3.05, 3.63) is 0 Å². The van der Waals surface area contributed by atoms with E-state index in [0.29, 0.717) is 31.9 Å². The number of ether oxygens (including phenoxy) is 1. The summed E-state index contributed by atoms with van der Waals surface area (Å²) in [6, 6.07) is 0. The number of likely N-dealkylation sites (tertiary alicyclic amines) is 1. The molecule has 0 amide bonds.